The average Bonchev–Trinajstić information content (AvgIpc) is 2.94. The Labute approximate surface area is 182 Å². The van der Waals surface area contributed by atoms with Gasteiger partial charge in [0, 0.05) is 11.3 Å². The van der Waals surface area contributed by atoms with E-state index < -0.39 is 0 Å². The lowest BCUT2D eigenvalue weighted by atomic mass is 9.45. The Hall–Kier alpha value is -0.990. The minimum atomic E-state index is -0.124. The van der Waals surface area contributed by atoms with E-state index >= 15 is 0 Å². The molecule has 2 fully saturated rings. The van der Waals surface area contributed by atoms with Crippen LogP contribution in [0.4, 0.5) is 0 Å². The van der Waals surface area contributed by atoms with E-state index in [0.29, 0.717) is 11.3 Å². The van der Waals surface area contributed by atoms with Gasteiger partial charge in [-0.1, -0.05) is 68.4 Å². The third kappa shape index (κ3) is 2.78. The molecule has 156 valence electrons. The van der Waals surface area contributed by atoms with Crippen molar-refractivity contribution in [3.05, 3.63) is 46.6 Å². The van der Waals surface area contributed by atoms with Crippen LogP contribution in [-0.4, -0.2) is 16.1 Å². The summed E-state index contributed by atoms with van der Waals surface area (Å²) < 4.78 is 0. The first-order valence-corrected chi connectivity index (χ1v) is 12.2. The van der Waals surface area contributed by atoms with Crippen molar-refractivity contribution < 1.29 is 5.11 Å². The Morgan fingerprint density at radius 2 is 1.83 bits per heavy atom. The van der Waals surface area contributed by atoms with Crippen LogP contribution in [0.1, 0.15) is 72.6 Å². The maximum absolute atomic E-state index is 10.3. The molecule has 0 aromatic rings. The summed E-state index contributed by atoms with van der Waals surface area (Å²) in [5.41, 5.74) is 6.69. The van der Waals surface area contributed by atoms with Crippen LogP contribution >= 0.6 is 12.2 Å². The highest BCUT2D eigenvalue weighted by atomic mass is 32.1. The van der Waals surface area contributed by atoms with E-state index in [1.165, 1.54) is 24.8 Å². The van der Waals surface area contributed by atoms with Crippen molar-refractivity contribution in [2.75, 3.05) is 0 Å². The number of aliphatic hydroxyl groups excluding tert-OH is 1. The molecule has 2 saturated carbocycles. The molecule has 5 aliphatic rings. The van der Waals surface area contributed by atoms with Gasteiger partial charge in [0.2, 0.25) is 0 Å². The summed E-state index contributed by atoms with van der Waals surface area (Å²) in [6.07, 6.45) is 17.0. The second kappa shape index (κ2) is 6.76. The highest BCUT2D eigenvalue weighted by Gasteiger charge is 2.59. The van der Waals surface area contributed by atoms with Gasteiger partial charge in [-0.3, -0.25) is 0 Å². The lowest BCUT2D eigenvalue weighted by molar-refractivity contribution is -0.0473. The van der Waals surface area contributed by atoms with Gasteiger partial charge >= 0.3 is 0 Å². The van der Waals surface area contributed by atoms with Crippen LogP contribution in [0.5, 0.6) is 0 Å². The van der Waals surface area contributed by atoms with Crippen molar-refractivity contribution in [2.24, 2.45) is 34.5 Å². The number of allylic oxidation sites excluding steroid dienone is 7. The lowest BCUT2D eigenvalue weighted by Crippen LogP contribution is -2.52. The molecule has 0 unspecified atom stereocenters. The van der Waals surface area contributed by atoms with E-state index in [1.54, 1.807) is 16.7 Å². The molecule has 2 heteroatoms. The fraction of sp³-hybridized carbons (Fsp3) is 0.667. The van der Waals surface area contributed by atoms with Crippen LogP contribution in [0.2, 0.25) is 0 Å². The molecule has 0 amide bonds. The third-order valence-corrected chi connectivity index (χ3v) is 9.98. The molecule has 1 N–H and O–H groups in total. The van der Waals surface area contributed by atoms with Gasteiger partial charge in [-0.05, 0) is 91.1 Å². The molecule has 1 nitrogen and oxygen atoms in total. The summed E-state index contributed by atoms with van der Waals surface area (Å²) in [5, 5.41) is 10.3. The van der Waals surface area contributed by atoms with Gasteiger partial charge in [-0.15, -0.1) is 0 Å². The summed E-state index contributed by atoms with van der Waals surface area (Å²) in [6.45, 7) is 9.91. The summed E-state index contributed by atoms with van der Waals surface area (Å²) in [6, 6.07) is 0. The largest absolute Gasteiger partial charge is 0.393 e. The van der Waals surface area contributed by atoms with Gasteiger partial charge in [0.1, 0.15) is 0 Å². The normalized spacial score (nSPS) is 46.7. The van der Waals surface area contributed by atoms with E-state index in [0.717, 1.165) is 48.3 Å². The van der Waals surface area contributed by atoms with Crippen LogP contribution in [-0.2, 0) is 0 Å². The number of aliphatic hydroxyl groups is 1. The Bertz CT molecular complexity index is 873. The molecule has 0 saturated heterocycles. The Kier molecular flexibility index (Phi) is 4.65. The van der Waals surface area contributed by atoms with Crippen molar-refractivity contribution in [2.45, 2.75) is 78.7 Å². The number of hydrogen-bond donors (Lipinski definition) is 1. The van der Waals surface area contributed by atoms with E-state index in [2.05, 4.69) is 52.0 Å². The zero-order valence-corrected chi connectivity index (χ0v) is 19.3. The van der Waals surface area contributed by atoms with Gasteiger partial charge in [-0.25, -0.2) is 0 Å². The molecule has 7 atom stereocenters. The summed E-state index contributed by atoms with van der Waals surface area (Å²) in [4.78, 5) is 1.14. The van der Waals surface area contributed by atoms with Gasteiger partial charge in [0.25, 0.3) is 0 Å². The smallest absolute Gasteiger partial charge is 0.0577 e. The van der Waals surface area contributed by atoms with Crippen molar-refractivity contribution >= 4 is 17.1 Å². The first-order valence-electron chi connectivity index (χ1n) is 11.8. The molecule has 0 bridgehead atoms. The topological polar surface area (TPSA) is 20.2 Å². The first kappa shape index (κ1) is 19.9. The third-order valence-electron chi connectivity index (χ3n) is 9.59. The van der Waals surface area contributed by atoms with Gasteiger partial charge < -0.3 is 5.11 Å². The standard InChI is InChI=1S/C27H36OS/c1-16-13-18-15-19(28)9-11-26(18,3)21-10-12-27(4)22(24(16)21)14-17(2)25(27)20-7-5-6-8-23(20)29/h5-7,13,16,19,21-22,24,28H,8-12,14-15H2,1-4H3/t16-,19-,21-,22-,24+,26-,27-/m0/s1. The number of rotatable bonds is 1. The molecule has 5 rings (SSSR count). The van der Waals surface area contributed by atoms with E-state index in [9.17, 15) is 5.11 Å². The average molecular weight is 409 g/mol. The van der Waals surface area contributed by atoms with Crippen LogP contribution in [0.3, 0.4) is 0 Å². The molecule has 29 heavy (non-hydrogen) atoms. The highest BCUT2D eigenvalue weighted by molar-refractivity contribution is 7.80. The monoisotopic (exact) mass is 408 g/mol. The van der Waals surface area contributed by atoms with E-state index in [1.807, 2.05) is 0 Å². The molecule has 0 aliphatic heterocycles. The van der Waals surface area contributed by atoms with Crippen molar-refractivity contribution in [1.82, 2.24) is 0 Å². The Morgan fingerprint density at radius 3 is 2.59 bits per heavy atom. The van der Waals surface area contributed by atoms with Gasteiger partial charge in [0.15, 0.2) is 0 Å². The van der Waals surface area contributed by atoms with E-state index in [-0.39, 0.29) is 11.5 Å². The maximum Gasteiger partial charge on any atom is 0.0577 e. The molecule has 0 radical (unpaired) electrons. The quantitative estimate of drug-likeness (QED) is 0.383. The fourth-order valence-electron chi connectivity index (χ4n) is 8.23. The molecular weight excluding hydrogens is 372 g/mol. The SMILES string of the molecule is CC1=C(C2=CC=CCC2=S)[C@@]2(C)CC[C@H]3[C@@H]([C@@H](C)C=C4C[C@@H](O)CC[C@@]43C)[C@@H]2C1. The molecule has 0 spiro atoms. The maximum atomic E-state index is 10.3. The highest BCUT2D eigenvalue weighted by Crippen LogP contribution is 2.67. The van der Waals surface area contributed by atoms with Gasteiger partial charge in [0.05, 0.1) is 6.10 Å². The van der Waals surface area contributed by atoms with Crippen LogP contribution in [0, 0.1) is 34.5 Å². The summed E-state index contributed by atoms with van der Waals surface area (Å²) in [5.74, 6) is 2.85. The predicted octanol–water partition coefficient (Wildman–Crippen LogP) is 6.74. The zero-order chi connectivity index (χ0) is 20.6. The first-order chi connectivity index (χ1) is 13.8. The predicted molar refractivity (Wildman–Crippen MR) is 125 cm³/mol. The molecule has 0 aromatic heterocycles. The number of hydrogen-bond acceptors (Lipinski definition) is 2. The second-order valence-corrected chi connectivity index (χ2v) is 11.6. The minimum Gasteiger partial charge on any atom is -0.393 e. The lowest BCUT2D eigenvalue weighted by Gasteiger charge is -2.59. The number of thiocarbonyl (C=S) groups is 1. The minimum absolute atomic E-state index is 0.124. The van der Waals surface area contributed by atoms with Gasteiger partial charge in [-0.2, -0.15) is 0 Å². The van der Waals surface area contributed by atoms with Crippen molar-refractivity contribution in [3.8, 4) is 0 Å². The van der Waals surface area contributed by atoms with Crippen molar-refractivity contribution in [3.63, 3.8) is 0 Å². The van der Waals surface area contributed by atoms with Crippen LogP contribution < -0.4 is 0 Å². The van der Waals surface area contributed by atoms with Crippen molar-refractivity contribution in [1.29, 1.82) is 0 Å². The number of fused-ring (bicyclic) bond motifs is 5. The Morgan fingerprint density at radius 1 is 1.07 bits per heavy atom. The zero-order valence-electron chi connectivity index (χ0n) is 18.5. The molecular formula is C27H36OS. The van der Waals surface area contributed by atoms with E-state index in [4.69, 9.17) is 12.2 Å². The summed E-state index contributed by atoms with van der Waals surface area (Å²) in [7, 11) is 0. The molecule has 0 aromatic carbocycles. The van der Waals surface area contributed by atoms with Crippen LogP contribution in [0.15, 0.2) is 46.6 Å². The molecule has 5 aliphatic carbocycles. The fourth-order valence-corrected chi connectivity index (χ4v) is 8.50. The summed E-state index contributed by atoms with van der Waals surface area (Å²) >= 11 is 5.82. The second-order valence-electron chi connectivity index (χ2n) is 11.1. The molecule has 0 heterocycles. The van der Waals surface area contributed by atoms with Crippen LogP contribution in [0.25, 0.3) is 0 Å². The Balaban J connectivity index is 1.54.